The standard InChI is InChI=1S/C13H10BrClFNO/c14-10-3-1-2-8(13(10)18)7-17-9-4-5-12(16)11(15)6-9/h1-6,17-18H,7H2. The Bertz CT molecular complexity index is 577. The van der Waals surface area contributed by atoms with E-state index in [1.807, 2.05) is 6.07 Å². The molecule has 94 valence electrons. The molecule has 0 fully saturated rings. The predicted molar refractivity (Wildman–Crippen MR) is 74.5 cm³/mol. The highest BCUT2D eigenvalue weighted by molar-refractivity contribution is 9.10. The molecule has 0 aliphatic carbocycles. The van der Waals surface area contributed by atoms with Crippen LogP contribution in [-0.4, -0.2) is 5.11 Å². The van der Waals surface area contributed by atoms with Crippen molar-refractivity contribution in [3.63, 3.8) is 0 Å². The lowest BCUT2D eigenvalue weighted by Crippen LogP contribution is -2.00. The molecule has 0 unspecified atom stereocenters. The van der Waals surface area contributed by atoms with Gasteiger partial charge in [-0.25, -0.2) is 4.39 Å². The van der Waals surface area contributed by atoms with Crippen molar-refractivity contribution in [1.29, 1.82) is 0 Å². The zero-order chi connectivity index (χ0) is 13.1. The molecule has 0 bridgehead atoms. The lowest BCUT2D eigenvalue weighted by molar-refractivity contribution is 0.465. The third kappa shape index (κ3) is 2.94. The first-order valence-corrected chi connectivity index (χ1v) is 6.40. The summed E-state index contributed by atoms with van der Waals surface area (Å²) in [4.78, 5) is 0. The second-order valence-electron chi connectivity index (χ2n) is 3.73. The third-order valence-corrected chi connectivity index (χ3v) is 3.40. The summed E-state index contributed by atoms with van der Waals surface area (Å²) in [5.74, 6) is -0.259. The fourth-order valence-corrected chi connectivity index (χ4v) is 2.09. The van der Waals surface area contributed by atoms with Gasteiger partial charge in [0.2, 0.25) is 0 Å². The van der Waals surface area contributed by atoms with Gasteiger partial charge in [-0.15, -0.1) is 0 Å². The number of aromatic hydroxyl groups is 1. The van der Waals surface area contributed by atoms with Crippen LogP contribution in [0.25, 0.3) is 0 Å². The molecular weight excluding hydrogens is 321 g/mol. The van der Waals surface area contributed by atoms with Crippen LogP contribution < -0.4 is 5.32 Å². The lowest BCUT2D eigenvalue weighted by Gasteiger charge is -2.09. The van der Waals surface area contributed by atoms with E-state index >= 15 is 0 Å². The van der Waals surface area contributed by atoms with E-state index in [0.29, 0.717) is 16.7 Å². The minimum absolute atomic E-state index is 0.0680. The van der Waals surface area contributed by atoms with Gasteiger partial charge in [-0.3, -0.25) is 0 Å². The van der Waals surface area contributed by atoms with Gasteiger partial charge < -0.3 is 10.4 Å². The summed E-state index contributed by atoms with van der Waals surface area (Å²) in [6, 6.07) is 9.79. The van der Waals surface area contributed by atoms with Gasteiger partial charge in [-0.2, -0.15) is 0 Å². The second-order valence-corrected chi connectivity index (χ2v) is 4.99. The van der Waals surface area contributed by atoms with Crippen molar-refractivity contribution < 1.29 is 9.50 Å². The molecule has 2 aromatic carbocycles. The molecule has 2 rings (SSSR count). The Morgan fingerprint density at radius 2 is 2.06 bits per heavy atom. The number of phenolic OH excluding ortho intramolecular Hbond substituents is 1. The Morgan fingerprint density at radius 1 is 1.28 bits per heavy atom. The molecule has 5 heteroatoms. The van der Waals surface area contributed by atoms with E-state index in [1.165, 1.54) is 12.1 Å². The molecule has 0 amide bonds. The minimum atomic E-state index is -0.451. The van der Waals surface area contributed by atoms with Crippen LogP contribution in [0.3, 0.4) is 0 Å². The van der Waals surface area contributed by atoms with Gasteiger partial charge in [0.25, 0.3) is 0 Å². The monoisotopic (exact) mass is 329 g/mol. The van der Waals surface area contributed by atoms with Crippen LogP contribution in [-0.2, 0) is 6.54 Å². The predicted octanol–water partition coefficient (Wildman–Crippen LogP) is 4.56. The van der Waals surface area contributed by atoms with Crippen molar-refractivity contribution >= 4 is 33.2 Å². The maximum absolute atomic E-state index is 13.0. The average Bonchev–Trinajstić information content (AvgIpc) is 2.35. The molecule has 18 heavy (non-hydrogen) atoms. The molecular formula is C13H10BrClFNO. The number of halogens is 3. The van der Waals surface area contributed by atoms with Gasteiger partial charge in [0.1, 0.15) is 11.6 Å². The highest BCUT2D eigenvalue weighted by Gasteiger charge is 2.05. The smallest absolute Gasteiger partial charge is 0.141 e. The molecule has 0 saturated carbocycles. The van der Waals surface area contributed by atoms with Gasteiger partial charge >= 0.3 is 0 Å². The first kappa shape index (κ1) is 13.2. The van der Waals surface area contributed by atoms with Crippen molar-refractivity contribution in [3.8, 4) is 5.75 Å². The molecule has 0 saturated heterocycles. The Labute approximate surface area is 118 Å². The Hall–Kier alpha value is -1.26. The van der Waals surface area contributed by atoms with E-state index in [4.69, 9.17) is 11.6 Å². The second kappa shape index (κ2) is 5.59. The summed E-state index contributed by atoms with van der Waals surface area (Å²) >= 11 is 8.93. The lowest BCUT2D eigenvalue weighted by atomic mass is 10.2. The number of hydrogen-bond donors (Lipinski definition) is 2. The summed E-state index contributed by atoms with van der Waals surface area (Å²) in [5, 5.41) is 12.9. The van der Waals surface area contributed by atoms with Crippen LogP contribution in [0.5, 0.6) is 5.75 Å². The number of benzene rings is 2. The van der Waals surface area contributed by atoms with E-state index in [9.17, 15) is 9.50 Å². The number of nitrogens with one attached hydrogen (secondary N) is 1. The van der Waals surface area contributed by atoms with Gasteiger partial charge in [-0.1, -0.05) is 23.7 Å². The summed E-state index contributed by atoms with van der Waals surface area (Å²) in [5.41, 5.74) is 1.44. The van der Waals surface area contributed by atoms with Crippen molar-refractivity contribution in [3.05, 3.63) is 57.3 Å². The van der Waals surface area contributed by atoms with E-state index < -0.39 is 5.82 Å². The molecule has 2 aromatic rings. The molecule has 0 spiro atoms. The maximum Gasteiger partial charge on any atom is 0.141 e. The van der Waals surface area contributed by atoms with Gasteiger partial charge in [0, 0.05) is 17.8 Å². The molecule has 0 aliphatic rings. The minimum Gasteiger partial charge on any atom is -0.506 e. The average molecular weight is 331 g/mol. The zero-order valence-electron chi connectivity index (χ0n) is 9.25. The molecule has 0 heterocycles. The number of rotatable bonds is 3. The quantitative estimate of drug-likeness (QED) is 0.864. The van der Waals surface area contributed by atoms with Crippen LogP contribution in [0.15, 0.2) is 40.9 Å². The number of phenols is 1. The molecule has 0 atom stereocenters. The van der Waals surface area contributed by atoms with Gasteiger partial charge in [0.15, 0.2) is 0 Å². The molecule has 2 nitrogen and oxygen atoms in total. The summed E-state index contributed by atoms with van der Waals surface area (Å²) in [6.07, 6.45) is 0. The summed E-state index contributed by atoms with van der Waals surface area (Å²) in [7, 11) is 0. The Balaban J connectivity index is 2.11. The summed E-state index contributed by atoms with van der Waals surface area (Å²) in [6.45, 7) is 0.424. The van der Waals surface area contributed by atoms with E-state index in [0.717, 1.165) is 5.56 Å². The highest BCUT2D eigenvalue weighted by atomic mass is 79.9. The van der Waals surface area contributed by atoms with Crippen molar-refractivity contribution in [1.82, 2.24) is 0 Å². The fraction of sp³-hybridized carbons (Fsp3) is 0.0769. The third-order valence-electron chi connectivity index (χ3n) is 2.47. The molecule has 0 aliphatic heterocycles. The number of anilines is 1. The van der Waals surface area contributed by atoms with Gasteiger partial charge in [0.05, 0.1) is 9.50 Å². The number of hydrogen-bond acceptors (Lipinski definition) is 2. The van der Waals surface area contributed by atoms with Crippen LogP contribution in [0, 0.1) is 5.82 Å². The van der Waals surface area contributed by atoms with Crippen molar-refractivity contribution in [2.45, 2.75) is 6.54 Å². The molecule has 0 radical (unpaired) electrons. The normalized spacial score (nSPS) is 10.4. The first-order valence-electron chi connectivity index (χ1n) is 5.23. The molecule has 0 aromatic heterocycles. The number of para-hydroxylation sites is 1. The largest absolute Gasteiger partial charge is 0.506 e. The van der Waals surface area contributed by atoms with Crippen LogP contribution >= 0.6 is 27.5 Å². The first-order chi connectivity index (χ1) is 8.58. The van der Waals surface area contributed by atoms with Crippen LogP contribution in [0.2, 0.25) is 5.02 Å². The van der Waals surface area contributed by atoms with Crippen LogP contribution in [0.1, 0.15) is 5.56 Å². The molecule has 2 N–H and O–H groups in total. The summed E-state index contributed by atoms with van der Waals surface area (Å²) < 4.78 is 13.6. The van der Waals surface area contributed by atoms with E-state index in [1.54, 1.807) is 18.2 Å². The van der Waals surface area contributed by atoms with E-state index in [-0.39, 0.29) is 10.8 Å². The Kier molecular flexibility index (Phi) is 4.09. The van der Waals surface area contributed by atoms with Crippen molar-refractivity contribution in [2.75, 3.05) is 5.32 Å². The highest BCUT2D eigenvalue weighted by Crippen LogP contribution is 2.28. The SMILES string of the molecule is Oc1c(Br)cccc1CNc1ccc(F)c(Cl)c1. The van der Waals surface area contributed by atoms with Crippen molar-refractivity contribution in [2.24, 2.45) is 0 Å². The topological polar surface area (TPSA) is 32.3 Å². The van der Waals surface area contributed by atoms with Gasteiger partial charge in [-0.05, 0) is 40.2 Å². The fourth-order valence-electron chi connectivity index (χ4n) is 1.51. The van der Waals surface area contributed by atoms with E-state index in [2.05, 4.69) is 21.2 Å². The van der Waals surface area contributed by atoms with Crippen LogP contribution in [0.4, 0.5) is 10.1 Å². The Morgan fingerprint density at radius 3 is 2.78 bits per heavy atom. The maximum atomic E-state index is 13.0. The zero-order valence-corrected chi connectivity index (χ0v) is 11.6.